The van der Waals surface area contributed by atoms with Crippen LogP contribution < -0.4 is 10.1 Å². The summed E-state index contributed by atoms with van der Waals surface area (Å²) in [5.74, 6) is 1.72. The Labute approximate surface area is 189 Å². The van der Waals surface area contributed by atoms with Crippen LogP contribution >= 0.6 is 11.6 Å². The number of halogens is 1. The van der Waals surface area contributed by atoms with Crippen molar-refractivity contribution < 1.29 is 9.53 Å². The van der Waals surface area contributed by atoms with E-state index in [1.165, 1.54) is 0 Å². The van der Waals surface area contributed by atoms with Crippen LogP contribution in [0.5, 0.6) is 11.5 Å². The van der Waals surface area contributed by atoms with Crippen molar-refractivity contribution in [2.45, 2.75) is 58.0 Å². The number of nitrogens with zero attached hydrogens (tertiary/aromatic N) is 1. The average molecular weight is 437 g/mol. The molecule has 5 heteroatoms. The standard InChI is InChI=1S/C26H29ClN2O2/c1-25(2)14-17(15-26(3,4)29-25)12-22(30)18-8-9-24(21(27)13-18)31-23-7-5-6-19-16-28-11-10-20(19)23/h5-11,13,16-17,29H,12,14-15H2,1-4H3. The Balaban J connectivity index is 1.50. The van der Waals surface area contributed by atoms with Gasteiger partial charge in [0.05, 0.1) is 5.02 Å². The van der Waals surface area contributed by atoms with Gasteiger partial charge in [-0.15, -0.1) is 0 Å². The monoisotopic (exact) mass is 436 g/mol. The quantitative estimate of drug-likeness (QED) is 0.446. The predicted molar refractivity (Wildman–Crippen MR) is 126 cm³/mol. The molecule has 3 aromatic rings. The second kappa shape index (κ2) is 8.25. The lowest BCUT2D eigenvalue weighted by Crippen LogP contribution is -2.57. The minimum atomic E-state index is 0.0238. The van der Waals surface area contributed by atoms with Crippen LogP contribution in [0.1, 0.15) is 57.3 Å². The van der Waals surface area contributed by atoms with Gasteiger partial charge in [-0.3, -0.25) is 9.78 Å². The third kappa shape index (κ3) is 5.08. The summed E-state index contributed by atoms with van der Waals surface area (Å²) in [6, 6.07) is 13.1. The summed E-state index contributed by atoms with van der Waals surface area (Å²) in [6.45, 7) is 8.82. The number of aromatic nitrogens is 1. The predicted octanol–water partition coefficient (Wildman–Crippen LogP) is 6.81. The van der Waals surface area contributed by atoms with Crippen molar-refractivity contribution in [2.75, 3.05) is 0 Å². The number of ketones is 1. The molecule has 0 spiro atoms. The molecule has 1 saturated heterocycles. The van der Waals surface area contributed by atoms with Crippen molar-refractivity contribution in [3.05, 3.63) is 65.4 Å². The summed E-state index contributed by atoms with van der Waals surface area (Å²) in [4.78, 5) is 17.2. The van der Waals surface area contributed by atoms with Crippen LogP contribution in [0.3, 0.4) is 0 Å². The van der Waals surface area contributed by atoms with Gasteiger partial charge in [0.1, 0.15) is 11.5 Å². The summed E-state index contributed by atoms with van der Waals surface area (Å²) in [5.41, 5.74) is 0.681. The lowest BCUT2D eigenvalue weighted by molar-refractivity contribution is 0.0864. The number of hydrogen-bond donors (Lipinski definition) is 1. The fraction of sp³-hybridized carbons (Fsp3) is 0.385. The minimum absolute atomic E-state index is 0.0238. The van der Waals surface area contributed by atoms with E-state index in [-0.39, 0.29) is 16.9 Å². The number of carbonyl (C=O) groups excluding carboxylic acids is 1. The van der Waals surface area contributed by atoms with Crippen LogP contribution in [0.2, 0.25) is 5.02 Å². The fourth-order valence-corrected chi connectivity index (χ4v) is 5.33. The number of rotatable bonds is 5. The first-order valence-corrected chi connectivity index (χ1v) is 11.1. The smallest absolute Gasteiger partial charge is 0.163 e. The Morgan fingerprint density at radius 1 is 1.10 bits per heavy atom. The summed E-state index contributed by atoms with van der Waals surface area (Å²) < 4.78 is 6.08. The number of fused-ring (bicyclic) bond motifs is 1. The Hall–Kier alpha value is -2.43. The van der Waals surface area contributed by atoms with Crippen LogP contribution in [0.15, 0.2) is 54.9 Å². The van der Waals surface area contributed by atoms with Crippen molar-refractivity contribution in [2.24, 2.45) is 5.92 Å². The minimum Gasteiger partial charge on any atom is -0.455 e. The van der Waals surface area contributed by atoms with Gasteiger partial charge >= 0.3 is 0 Å². The zero-order valence-electron chi connectivity index (χ0n) is 18.5. The maximum Gasteiger partial charge on any atom is 0.163 e. The molecule has 1 fully saturated rings. The molecule has 162 valence electrons. The Morgan fingerprint density at radius 3 is 2.55 bits per heavy atom. The molecule has 1 aliphatic rings. The van der Waals surface area contributed by atoms with Crippen LogP contribution in [0.4, 0.5) is 0 Å². The fourth-order valence-electron chi connectivity index (χ4n) is 5.12. The van der Waals surface area contributed by atoms with Gasteiger partial charge in [0.25, 0.3) is 0 Å². The molecule has 0 saturated carbocycles. The number of nitrogens with one attached hydrogen (secondary N) is 1. The highest BCUT2D eigenvalue weighted by molar-refractivity contribution is 6.32. The molecule has 2 heterocycles. The molecule has 0 bridgehead atoms. The summed E-state index contributed by atoms with van der Waals surface area (Å²) >= 11 is 6.51. The van der Waals surface area contributed by atoms with E-state index in [2.05, 4.69) is 38.0 Å². The number of ether oxygens (including phenoxy) is 1. The summed E-state index contributed by atoms with van der Waals surface area (Å²) in [6.07, 6.45) is 6.03. The second-order valence-corrected chi connectivity index (χ2v) is 10.3. The number of hydrogen-bond acceptors (Lipinski definition) is 4. The zero-order chi connectivity index (χ0) is 22.2. The Bertz CT molecular complexity index is 1100. The third-order valence-corrected chi connectivity index (χ3v) is 6.16. The highest BCUT2D eigenvalue weighted by atomic mass is 35.5. The van der Waals surface area contributed by atoms with E-state index in [0.717, 1.165) is 23.6 Å². The molecule has 0 atom stereocenters. The maximum atomic E-state index is 13.0. The first-order valence-electron chi connectivity index (χ1n) is 10.7. The molecule has 0 aliphatic carbocycles. The third-order valence-electron chi connectivity index (χ3n) is 5.86. The Morgan fingerprint density at radius 2 is 1.84 bits per heavy atom. The van der Waals surface area contributed by atoms with Crippen LogP contribution in [-0.4, -0.2) is 21.8 Å². The van der Waals surface area contributed by atoms with E-state index in [1.807, 2.05) is 30.3 Å². The number of pyridine rings is 1. The number of piperidine rings is 1. The molecule has 0 radical (unpaired) electrons. The van der Waals surface area contributed by atoms with Gasteiger partial charge in [0, 0.05) is 46.2 Å². The van der Waals surface area contributed by atoms with E-state index >= 15 is 0 Å². The molecule has 1 aliphatic heterocycles. The molecular formula is C26H29ClN2O2. The van der Waals surface area contributed by atoms with E-state index in [9.17, 15) is 4.79 Å². The topological polar surface area (TPSA) is 51.2 Å². The molecule has 4 nitrogen and oxygen atoms in total. The van der Waals surface area contributed by atoms with Gasteiger partial charge in [-0.05, 0) is 76.8 Å². The largest absolute Gasteiger partial charge is 0.455 e. The van der Waals surface area contributed by atoms with Crippen LogP contribution in [0, 0.1) is 5.92 Å². The molecule has 31 heavy (non-hydrogen) atoms. The van der Waals surface area contributed by atoms with Crippen LogP contribution in [-0.2, 0) is 0 Å². The van der Waals surface area contributed by atoms with E-state index < -0.39 is 0 Å². The molecule has 0 unspecified atom stereocenters. The van der Waals surface area contributed by atoms with Crippen molar-refractivity contribution in [1.29, 1.82) is 0 Å². The van der Waals surface area contributed by atoms with Crippen molar-refractivity contribution in [1.82, 2.24) is 10.3 Å². The Kier molecular flexibility index (Phi) is 5.80. The van der Waals surface area contributed by atoms with E-state index in [1.54, 1.807) is 24.5 Å². The lowest BCUT2D eigenvalue weighted by atomic mass is 9.74. The summed E-state index contributed by atoms with van der Waals surface area (Å²) in [7, 11) is 0. The lowest BCUT2D eigenvalue weighted by Gasteiger charge is -2.46. The molecule has 1 N–H and O–H groups in total. The van der Waals surface area contributed by atoms with E-state index in [4.69, 9.17) is 16.3 Å². The van der Waals surface area contributed by atoms with Crippen molar-refractivity contribution in [3.8, 4) is 11.5 Å². The average Bonchev–Trinajstić information content (AvgIpc) is 2.67. The van der Waals surface area contributed by atoms with Crippen molar-refractivity contribution in [3.63, 3.8) is 0 Å². The second-order valence-electron chi connectivity index (χ2n) is 9.89. The van der Waals surface area contributed by atoms with Gasteiger partial charge in [0.15, 0.2) is 5.78 Å². The molecule has 0 amide bonds. The highest BCUT2D eigenvalue weighted by Gasteiger charge is 2.38. The number of Topliss-reactive ketones (excluding diaryl/α,β-unsaturated/α-hetero) is 1. The van der Waals surface area contributed by atoms with Crippen LogP contribution in [0.25, 0.3) is 10.8 Å². The number of benzene rings is 2. The molecular weight excluding hydrogens is 408 g/mol. The normalized spacial score (nSPS) is 18.1. The zero-order valence-corrected chi connectivity index (χ0v) is 19.3. The number of carbonyl (C=O) groups is 1. The van der Waals surface area contributed by atoms with Gasteiger partial charge in [-0.25, -0.2) is 0 Å². The van der Waals surface area contributed by atoms with Gasteiger partial charge in [-0.2, -0.15) is 0 Å². The molecule has 1 aromatic heterocycles. The highest BCUT2D eigenvalue weighted by Crippen LogP contribution is 2.37. The van der Waals surface area contributed by atoms with E-state index in [0.29, 0.717) is 34.4 Å². The first-order chi connectivity index (χ1) is 14.6. The molecule has 2 aromatic carbocycles. The first kappa shape index (κ1) is 21.8. The SMILES string of the molecule is CC1(C)CC(CC(=O)c2ccc(Oc3cccc4cnccc34)c(Cl)c2)CC(C)(C)N1. The maximum absolute atomic E-state index is 13.0. The molecule has 4 rings (SSSR count). The van der Waals surface area contributed by atoms with Gasteiger partial charge < -0.3 is 10.1 Å². The van der Waals surface area contributed by atoms with Gasteiger partial charge in [-0.1, -0.05) is 23.7 Å². The van der Waals surface area contributed by atoms with Gasteiger partial charge in [0.2, 0.25) is 0 Å². The summed E-state index contributed by atoms with van der Waals surface area (Å²) in [5, 5.41) is 6.07. The van der Waals surface area contributed by atoms with Crippen molar-refractivity contribution >= 4 is 28.2 Å².